The summed E-state index contributed by atoms with van der Waals surface area (Å²) >= 11 is 0. The Hall–Kier alpha value is -2.14. The number of hydrogen-bond acceptors (Lipinski definition) is 3. The third kappa shape index (κ3) is 3.93. The van der Waals surface area contributed by atoms with Crippen LogP contribution in [-0.2, 0) is 6.54 Å². The maximum absolute atomic E-state index is 11.7. The van der Waals surface area contributed by atoms with Gasteiger partial charge < -0.3 is 10.4 Å². The van der Waals surface area contributed by atoms with Crippen LogP contribution in [0.15, 0.2) is 42.7 Å². The standard InChI is InChI=1S/C14H17N3O2/c18-10-2-7-15-14(19)13-5-3-12(4-6-13)11-17-9-1-8-16-17/h1,3-6,8-9,18H,2,7,10-11H2,(H,15,19). The minimum Gasteiger partial charge on any atom is -0.396 e. The number of benzene rings is 1. The summed E-state index contributed by atoms with van der Waals surface area (Å²) in [5.74, 6) is -0.112. The van der Waals surface area contributed by atoms with E-state index in [1.807, 2.05) is 29.1 Å². The molecule has 0 saturated heterocycles. The molecule has 0 radical (unpaired) electrons. The average Bonchev–Trinajstić information content (AvgIpc) is 2.93. The number of aliphatic hydroxyl groups is 1. The molecule has 0 spiro atoms. The van der Waals surface area contributed by atoms with Crippen LogP contribution < -0.4 is 5.32 Å². The molecule has 5 heteroatoms. The summed E-state index contributed by atoms with van der Waals surface area (Å²) in [5, 5.41) is 15.5. The van der Waals surface area contributed by atoms with Crippen molar-refractivity contribution in [3.63, 3.8) is 0 Å². The topological polar surface area (TPSA) is 67.2 Å². The normalized spacial score (nSPS) is 10.4. The molecular weight excluding hydrogens is 242 g/mol. The van der Waals surface area contributed by atoms with Gasteiger partial charge in [0.2, 0.25) is 0 Å². The Morgan fingerprint density at radius 1 is 1.32 bits per heavy atom. The second-order valence-electron chi connectivity index (χ2n) is 4.23. The lowest BCUT2D eigenvalue weighted by Crippen LogP contribution is -2.24. The Labute approximate surface area is 111 Å². The van der Waals surface area contributed by atoms with Crippen LogP contribution in [0, 0.1) is 0 Å². The second-order valence-corrected chi connectivity index (χ2v) is 4.23. The molecule has 0 aliphatic rings. The first-order valence-electron chi connectivity index (χ1n) is 6.25. The molecule has 1 aromatic heterocycles. The van der Waals surface area contributed by atoms with Gasteiger partial charge in [-0.1, -0.05) is 12.1 Å². The number of nitrogens with zero attached hydrogens (tertiary/aromatic N) is 2. The highest BCUT2D eigenvalue weighted by molar-refractivity contribution is 5.94. The Morgan fingerprint density at radius 2 is 2.11 bits per heavy atom. The maximum Gasteiger partial charge on any atom is 0.251 e. The lowest BCUT2D eigenvalue weighted by Gasteiger charge is -2.06. The Balaban J connectivity index is 1.92. The van der Waals surface area contributed by atoms with Crippen molar-refractivity contribution in [2.45, 2.75) is 13.0 Å². The fraction of sp³-hybridized carbons (Fsp3) is 0.286. The molecule has 2 aromatic rings. The highest BCUT2D eigenvalue weighted by Gasteiger charge is 2.04. The minimum atomic E-state index is -0.112. The number of aromatic nitrogens is 2. The van der Waals surface area contributed by atoms with Crippen LogP contribution in [0.1, 0.15) is 22.3 Å². The van der Waals surface area contributed by atoms with Crippen LogP contribution in [0.25, 0.3) is 0 Å². The average molecular weight is 259 g/mol. The smallest absolute Gasteiger partial charge is 0.251 e. The lowest BCUT2D eigenvalue weighted by molar-refractivity contribution is 0.0951. The molecule has 5 nitrogen and oxygen atoms in total. The number of rotatable bonds is 6. The largest absolute Gasteiger partial charge is 0.396 e. The molecule has 0 aliphatic heterocycles. The van der Waals surface area contributed by atoms with Crippen molar-refractivity contribution >= 4 is 5.91 Å². The highest BCUT2D eigenvalue weighted by Crippen LogP contribution is 2.06. The molecule has 100 valence electrons. The van der Waals surface area contributed by atoms with E-state index in [0.29, 0.717) is 25.1 Å². The zero-order chi connectivity index (χ0) is 13.5. The maximum atomic E-state index is 11.7. The van der Waals surface area contributed by atoms with E-state index in [9.17, 15) is 4.79 Å². The Bertz CT molecular complexity index is 506. The van der Waals surface area contributed by atoms with Crippen molar-refractivity contribution in [2.24, 2.45) is 0 Å². The van der Waals surface area contributed by atoms with Gasteiger partial charge in [-0.05, 0) is 30.2 Å². The van der Waals surface area contributed by atoms with E-state index in [2.05, 4.69) is 10.4 Å². The van der Waals surface area contributed by atoms with E-state index in [1.165, 1.54) is 0 Å². The minimum absolute atomic E-state index is 0.0864. The van der Waals surface area contributed by atoms with Crippen LogP contribution in [-0.4, -0.2) is 33.9 Å². The molecule has 0 bridgehead atoms. The number of carbonyl (C=O) groups excluding carboxylic acids is 1. The highest BCUT2D eigenvalue weighted by atomic mass is 16.3. The summed E-state index contributed by atoms with van der Waals surface area (Å²) in [7, 11) is 0. The summed E-state index contributed by atoms with van der Waals surface area (Å²) in [6.45, 7) is 1.27. The Kier molecular flexibility index (Phi) is 4.69. The lowest BCUT2D eigenvalue weighted by atomic mass is 10.1. The van der Waals surface area contributed by atoms with E-state index in [-0.39, 0.29) is 12.5 Å². The molecule has 0 atom stereocenters. The van der Waals surface area contributed by atoms with Gasteiger partial charge in [0.25, 0.3) is 5.91 Å². The first kappa shape index (κ1) is 13.3. The predicted octanol–water partition coefficient (Wildman–Crippen LogP) is 1.04. The number of nitrogens with one attached hydrogen (secondary N) is 1. The third-order valence-corrected chi connectivity index (χ3v) is 2.74. The van der Waals surface area contributed by atoms with E-state index in [1.54, 1.807) is 18.3 Å². The monoisotopic (exact) mass is 259 g/mol. The van der Waals surface area contributed by atoms with E-state index in [0.717, 1.165) is 5.56 Å². The summed E-state index contributed by atoms with van der Waals surface area (Å²) < 4.78 is 1.83. The van der Waals surface area contributed by atoms with Crippen molar-refractivity contribution in [3.05, 3.63) is 53.9 Å². The van der Waals surface area contributed by atoms with Crippen molar-refractivity contribution in [1.29, 1.82) is 0 Å². The fourth-order valence-electron chi connectivity index (χ4n) is 1.73. The molecule has 19 heavy (non-hydrogen) atoms. The van der Waals surface area contributed by atoms with Crippen LogP contribution >= 0.6 is 0 Å². The van der Waals surface area contributed by atoms with Crippen LogP contribution in [0.3, 0.4) is 0 Å². The molecule has 0 aliphatic carbocycles. The van der Waals surface area contributed by atoms with Gasteiger partial charge in [0, 0.05) is 31.1 Å². The summed E-state index contributed by atoms with van der Waals surface area (Å²) in [4.78, 5) is 11.7. The SMILES string of the molecule is O=C(NCCCO)c1ccc(Cn2cccn2)cc1. The number of carbonyl (C=O) groups is 1. The number of amides is 1. The van der Waals surface area contributed by atoms with Crippen molar-refractivity contribution in [3.8, 4) is 0 Å². The van der Waals surface area contributed by atoms with Crippen molar-refractivity contribution < 1.29 is 9.90 Å². The van der Waals surface area contributed by atoms with E-state index in [4.69, 9.17) is 5.11 Å². The zero-order valence-corrected chi connectivity index (χ0v) is 10.6. The van der Waals surface area contributed by atoms with Crippen LogP contribution in [0.4, 0.5) is 0 Å². The summed E-state index contributed by atoms with van der Waals surface area (Å²) in [5.41, 5.74) is 1.72. The number of aliphatic hydroxyl groups excluding tert-OH is 1. The molecule has 0 saturated carbocycles. The van der Waals surface area contributed by atoms with Crippen LogP contribution in [0.2, 0.25) is 0 Å². The molecule has 2 rings (SSSR count). The second kappa shape index (κ2) is 6.70. The van der Waals surface area contributed by atoms with Crippen molar-refractivity contribution in [2.75, 3.05) is 13.2 Å². The first-order chi connectivity index (χ1) is 9.29. The van der Waals surface area contributed by atoms with Gasteiger partial charge in [-0.15, -0.1) is 0 Å². The molecule has 0 fully saturated rings. The van der Waals surface area contributed by atoms with Crippen LogP contribution in [0.5, 0.6) is 0 Å². The molecule has 1 heterocycles. The van der Waals surface area contributed by atoms with E-state index < -0.39 is 0 Å². The fourth-order valence-corrected chi connectivity index (χ4v) is 1.73. The van der Waals surface area contributed by atoms with Gasteiger partial charge >= 0.3 is 0 Å². The Morgan fingerprint density at radius 3 is 2.74 bits per heavy atom. The summed E-state index contributed by atoms with van der Waals surface area (Å²) in [6.07, 6.45) is 4.21. The third-order valence-electron chi connectivity index (χ3n) is 2.74. The predicted molar refractivity (Wildman–Crippen MR) is 71.8 cm³/mol. The first-order valence-corrected chi connectivity index (χ1v) is 6.25. The molecule has 2 N–H and O–H groups in total. The van der Waals surface area contributed by atoms with Gasteiger partial charge in [-0.3, -0.25) is 9.48 Å². The van der Waals surface area contributed by atoms with Gasteiger partial charge in [0.1, 0.15) is 0 Å². The molecule has 1 aromatic carbocycles. The van der Waals surface area contributed by atoms with Gasteiger partial charge in [-0.2, -0.15) is 5.10 Å². The number of hydrogen-bond donors (Lipinski definition) is 2. The summed E-state index contributed by atoms with van der Waals surface area (Å²) in [6, 6.07) is 9.31. The zero-order valence-electron chi connectivity index (χ0n) is 10.6. The van der Waals surface area contributed by atoms with Crippen molar-refractivity contribution in [1.82, 2.24) is 15.1 Å². The molecular formula is C14H17N3O2. The molecule has 1 amide bonds. The molecule has 0 unspecified atom stereocenters. The van der Waals surface area contributed by atoms with E-state index >= 15 is 0 Å². The van der Waals surface area contributed by atoms with Gasteiger partial charge in [-0.25, -0.2) is 0 Å². The van der Waals surface area contributed by atoms with Gasteiger partial charge in [0.15, 0.2) is 0 Å². The quantitative estimate of drug-likeness (QED) is 0.762. The van der Waals surface area contributed by atoms with Gasteiger partial charge in [0.05, 0.1) is 6.54 Å².